The Morgan fingerprint density at radius 3 is 3.10 bits per heavy atom. The van der Waals surface area contributed by atoms with Gasteiger partial charge in [-0.2, -0.15) is 0 Å². The van der Waals surface area contributed by atoms with Gasteiger partial charge in [-0.25, -0.2) is 14.6 Å². The Balaban J connectivity index is 2.02. The summed E-state index contributed by atoms with van der Waals surface area (Å²) >= 11 is 0. The summed E-state index contributed by atoms with van der Waals surface area (Å²) in [4.78, 5) is 31.9. The van der Waals surface area contributed by atoms with Crippen molar-refractivity contribution in [2.45, 2.75) is 25.9 Å². The third-order valence-corrected chi connectivity index (χ3v) is 3.50. The number of carbonyl (C=O) groups is 2. The minimum atomic E-state index is -1.02. The molecule has 2 amide bonds. The molecule has 2 heterocycles. The number of aromatic amines is 1. The van der Waals surface area contributed by atoms with Crippen molar-refractivity contribution < 1.29 is 19.4 Å². The molecule has 2 atom stereocenters. The summed E-state index contributed by atoms with van der Waals surface area (Å²) in [5.41, 5.74) is 1.49. The van der Waals surface area contributed by atoms with Gasteiger partial charge in [0.15, 0.2) is 0 Å². The molecular weight excluding hydrogens is 276 g/mol. The lowest BCUT2D eigenvalue weighted by atomic mass is 10.0. The Morgan fingerprint density at radius 1 is 1.67 bits per heavy atom. The Bertz CT molecular complexity index is 516. The van der Waals surface area contributed by atoms with E-state index in [1.165, 1.54) is 11.2 Å². The number of carboxylic acids is 1. The highest BCUT2D eigenvalue weighted by atomic mass is 16.5. The zero-order valence-electron chi connectivity index (χ0n) is 12.1. The normalized spacial score (nSPS) is 19.0. The lowest BCUT2D eigenvalue weighted by molar-refractivity contribution is -0.142. The SMILES string of the molecule is COCC(C)CNC(=O)N1Cc2[nH]cnc2CC1C(=O)O. The van der Waals surface area contributed by atoms with Crippen molar-refractivity contribution in [2.75, 3.05) is 20.3 Å². The van der Waals surface area contributed by atoms with Crippen LogP contribution < -0.4 is 5.32 Å². The van der Waals surface area contributed by atoms with E-state index in [4.69, 9.17) is 4.74 Å². The summed E-state index contributed by atoms with van der Waals surface area (Å²) in [6, 6.07) is -1.27. The molecule has 116 valence electrons. The van der Waals surface area contributed by atoms with Crippen LogP contribution in [0.2, 0.25) is 0 Å². The van der Waals surface area contributed by atoms with Gasteiger partial charge in [-0.3, -0.25) is 0 Å². The number of hydrogen-bond acceptors (Lipinski definition) is 4. The number of methoxy groups -OCH3 is 1. The highest BCUT2D eigenvalue weighted by Crippen LogP contribution is 2.20. The number of nitrogens with zero attached hydrogens (tertiary/aromatic N) is 2. The summed E-state index contributed by atoms with van der Waals surface area (Å²) < 4.78 is 5.00. The first-order valence-corrected chi connectivity index (χ1v) is 6.80. The van der Waals surface area contributed by atoms with Crippen molar-refractivity contribution in [3.05, 3.63) is 17.7 Å². The summed E-state index contributed by atoms with van der Waals surface area (Å²) in [5.74, 6) is -0.863. The quantitative estimate of drug-likeness (QED) is 0.720. The first-order chi connectivity index (χ1) is 10.0. The van der Waals surface area contributed by atoms with Crippen LogP contribution in [0.3, 0.4) is 0 Å². The molecule has 8 heteroatoms. The van der Waals surface area contributed by atoms with E-state index in [9.17, 15) is 14.7 Å². The largest absolute Gasteiger partial charge is 0.480 e. The van der Waals surface area contributed by atoms with Gasteiger partial charge in [0.05, 0.1) is 30.9 Å². The van der Waals surface area contributed by atoms with Crippen LogP contribution in [0.15, 0.2) is 6.33 Å². The van der Waals surface area contributed by atoms with Crippen molar-refractivity contribution in [3.63, 3.8) is 0 Å². The monoisotopic (exact) mass is 296 g/mol. The van der Waals surface area contributed by atoms with Crippen LogP contribution in [0, 0.1) is 5.92 Å². The topological polar surface area (TPSA) is 108 Å². The average molecular weight is 296 g/mol. The first-order valence-electron chi connectivity index (χ1n) is 6.80. The third kappa shape index (κ3) is 3.52. The van der Waals surface area contributed by atoms with Gasteiger partial charge in [-0.1, -0.05) is 6.92 Å². The second kappa shape index (κ2) is 6.57. The van der Waals surface area contributed by atoms with Gasteiger partial charge < -0.3 is 25.0 Å². The lowest BCUT2D eigenvalue weighted by Gasteiger charge is -2.32. The molecule has 21 heavy (non-hydrogen) atoms. The van der Waals surface area contributed by atoms with E-state index in [0.717, 1.165) is 5.69 Å². The van der Waals surface area contributed by atoms with Gasteiger partial charge in [0.2, 0.25) is 0 Å². The number of urea groups is 1. The minimum Gasteiger partial charge on any atom is -0.480 e. The molecule has 1 aromatic rings. The zero-order chi connectivity index (χ0) is 15.4. The number of nitrogens with one attached hydrogen (secondary N) is 2. The van der Waals surface area contributed by atoms with Gasteiger partial charge in [-0.05, 0) is 5.92 Å². The number of carbonyl (C=O) groups excluding carboxylic acids is 1. The number of ether oxygens (including phenoxy) is 1. The molecule has 0 fully saturated rings. The summed E-state index contributed by atoms with van der Waals surface area (Å²) in [6.07, 6.45) is 1.74. The van der Waals surface area contributed by atoms with E-state index in [1.807, 2.05) is 6.92 Å². The van der Waals surface area contributed by atoms with Gasteiger partial charge in [0.25, 0.3) is 0 Å². The molecule has 3 N–H and O–H groups in total. The van der Waals surface area contributed by atoms with Crippen LogP contribution in [0.1, 0.15) is 18.3 Å². The average Bonchev–Trinajstić information content (AvgIpc) is 2.90. The molecule has 2 rings (SSSR count). The van der Waals surface area contributed by atoms with Gasteiger partial charge in [-0.15, -0.1) is 0 Å². The van der Waals surface area contributed by atoms with Gasteiger partial charge >= 0.3 is 12.0 Å². The van der Waals surface area contributed by atoms with E-state index < -0.39 is 12.0 Å². The van der Waals surface area contributed by atoms with Crippen molar-refractivity contribution in [3.8, 4) is 0 Å². The molecule has 0 saturated carbocycles. The van der Waals surface area contributed by atoms with E-state index >= 15 is 0 Å². The fourth-order valence-electron chi connectivity index (χ4n) is 2.38. The van der Waals surface area contributed by atoms with E-state index in [2.05, 4.69) is 15.3 Å². The molecule has 2 unspecified atom stereocenters. The standard InChI is InChI=1S/C13H20N4O4/c1-8(6-21-2)4-14-13(20)17-5-10-9(15-7-16-10)3-11(17)12(18)19/h7-8,11H,3-6H2,1-2H3,(H,14,20)(H,15,16)(H,18,19). The van der Waals surface area contributed by atoms with E-state index in [1.54, 1.807) is 7.11 Å². The van der Waals surface area contributed by atoms with Gasteiger partial charge in [0.1, 0.15) is 6.04 Å². The predicted molar refractivity (Wildman–Crippen MR) is 73.7 cm³/mol. The molecular formula is C13H20N4O4. The molecule has 1 aliphatic rings. The number of H-pyrrole nitrogens is 1. The van der Waals surface area contributed by atoms with Crippen LogP contribution in [-0.2, 0) is 22.5 Å². The number of fused-ring (bicyclic) bond motifs is 1. The second-order valence-electron chi connectivity index (χ2n) is 5.26. The Kier molecular flexibility index (Phi) is 4.79. The highest BCUT2D eigenvalue weighted by Gasteiger charge is 2.35. The molecule has 0 aromatic carbocycles. The molecule has 8 nitrogen and oxygen atoms in total. The molecule has 0 aliphatic carbocycles. The molecule has 0 spiro atoms. The maximum Gasteiger partial charge on any atom is 0.326 e. The number of aliphatic carboxylic acids is 1. The summed E-state index contributed by atoms with van der Waals surface area (Å²) in [5, 5.41) is 12.1. The number of rotatable bonds is 5. The Labute approximate surface area is 122 Å². The van der Waals surface area contributed by atoms with Crippen molar-refractivity contribution in [1.82, 2.24) is 20.2 Å². The number of carboxylic acid groups (broad SMARTS) is 1. The van der Waals surface area contributed by atoms with Crippen LogP contribution in [0.4, 0.5) is 4.79 Å². The maximum absolute atomic E-state index is 12.2. The number of imidazole rings is 1. The second-order valence-corrected chi connectivity index (χ2v) is 5.26. The predicted octanol–water partition coefficient (Wildman–Crippen LogP) is 0.213. The molecule has 1 aliphatic heterocycles. The van der Waals surface area contributed by atoms with Crippen LogP contribution in [0.25, 0.3) is 0 Å². The molecule has 1 aromatic heterocycles. The Morgan fingerprint density at radius 2 is 2.43 bits per heavy atom. The third-order valence-electron chi connectivity index (χ3n) is 3.50. The van der Waals surface area contributed by atoms with Crippen molar-refractivity contribution in [1.29, 1.82) is 0 Å². The highest BCUT2D eigenvalue weighted by molar-refractivity contribution is 5.83. The smallest absolute Gasteiger partial charge is 0.326 e. The van der Waals surface area contributed by atoms with Gasteiger partial charge in [0, 0.05) is 20.1 Å². The van der Waals surface area contributed by atoms with E-state index in [0.29, 0.717) is 18.8 Å². The molecule has 0 saturated heterocycles. The fraction of sp³-hybridized carbons (Fsp3) is 0.615. The number of amides is 2. The van der Waals surface area contributed by atoms with Crippen LogP contribution in [-0.4, -0.2) is 58.3 Å². The maximum atomic E-state index is 12.2. The van der Waals surface area contributed by atoms with Crippen molar-refractivity contribution in [2.24, 2.45) is 5.92 Å². The minimum absolute atomic E-state index is 0.162. The zero-order valence-corrected chi connectivity index (χ0v) is 12.1. The number of hydrogen-bond donors (Lipinski definition) is 3. The number of aromatic nitrogens is 2. The molecule has 0 radical (unpaired) electrons. The summed E-state index contributed by atoms with van der Waals surface area (Å²) in [7, 11) is 1.60. The van der Waals surface area contributed by atoms with Crippen molar-refractivity contribution >= 4 is 12.0 Å². The molecule has 0 bridgehead atoms. The van der Waals surface area contributed by atoms with Crippen LogP contribution in [0.5, 0.6) is 0 Å². The van der Waals surface area contributed by atoms with E-state index in [-0.39, 0.29) is 24.9 Å². The summed E-state index contributed by atoms with van der Waals surface area (Å²) in [6.45, 7) is 3.14. The first kappa shape index (κ1) is 15.3. The van der Waals surface area contributed by atoms with Crippen LogP contribution >= 0.6 is 0 Å². The fourth-order valence-corrected chi connectivity index (χ4v) is 2.38. The Hall–Kier alpha value is -2.09. The lowest BCUT2D eigenvalue weighted by Crippen LogP contribution is -2.53.